The molecule has 0 N–H and O–H groups in total. The second-order valence-electron chi connectivity index (χ2n) is 12.8. The maximum Gasteiger partial charge on any atom is 0.339 e. The highest BCUT2D eigenvalue weighted by atomic mass is 16.6. The zero-order valence-electron chi connectivity index (χ0n) is 29.1. The average Bonchev–Trinajstić information content (AvgIpc) is 3.17. The van der Waals surface area contributed by atoms with Crippen molar-refractivity contribution >= 4 is 55.0 Å². The number of carbonyl (C=O) groups excluding carboxylic acids is 2. The number of ether oxygens (including phenoxy) is 4. The zero-order valence-corrected chi connectivity index (χ0v) is 29.1. The molecule has 256 valence electrons. The summed E-state index contributed by atoms with van der Waals surface area (Å²) in [5.41, 5.74) is 2.14. The number of benzene rings is 7. The van der Waals surface area contributed by atoms with Crippen LogP contribution in [0.15, 0.2) is 127 Å². The number of carbonyl (C=O) groups is 2. The van der Waals surface area contributed by atoms with Crippen molar-refractivity contribution in [2.75, 3.05) is 13.2 Å². The number of hydrogen-bond acceptors (Lipinski definition) is 6. The Bertz CT molecular complexity index is 2370. The highest BCUT2D eigenvalue weighted by Gasteiger charge is 2.23. The lowest BCUT2D eigenvalue weighted by Crippen LogP contribution is -2.25. The van der Waals surface area contributed by atoms with E-state index in [4.69, 9.17) is 18.9 Å². The van der Waals surface area contributed by atoms with Crippen LogP contribution in [0.2, 0.25) is 0 Å². The highest BCUT2D eigenvalue weighted by Crippen LogP contribution is 2.43. The largest absolute Gasteiger partial charge is 0.488 e. The van der Waals surface area contributed by atoms with E-state index in [1.807, 2.05) is 130 Å². The summed E-state index contributed by atoms with van der Waals surface area (Å²) in [6.45, 7) is 6.38. The molecule has 0 aliphatic rings. The first-order valence-corrected chi connectivity index (χ1v) is 17.5. The number of esters is 2. The molecule has 0 saturated heterocycles. The summed E-state index contributed by atoms with van der Waals surface area (Å²) in [6, 6.07) is 41.1. The zero-order chi connectivity index (χ0) is 35.3. The van der Waals surface area contributed by atoms with E-state index in [1.54, 1.807) is 12.1 Å². The summed E-state index contributed by atoms with van der Waals surface area (Å²) < 4.78 is 25.2. The van der Waals surface area contributed by atoms with E-state index < -0.39 is 12.2 Å². The van der Waals surface area contributed by atoms with E-state index in [-0.39, 0.29) is 25.2 Å². The van der Waals surface area contributed by atoms with Crippen LogP contribution in [0.3, 0.4) is 0 Å². The van der Waals surface area contributed by atoms with Crippen LogP contribution in [0, 0.1) is 6.92 Å². The molecule has 2 atom stereocenters. The van der Waals surface area contributed by atoms with Gasteiger partial charge in [-0.2, -0.15) is 0 Å². The first-order valence-electron chi connectivity index (χ1n) is 17.5. The highest BCUT2D eigenvalue weighted by molar-refractivity contribution is 6.11. The van der Waals surface area contributed by atoms with Crippen LogP contribution in [-0.2, 0) is 9.47 Å². The van der Waals surface area contributed by atoms with E-state index in [0.29, 0.717) is 35.5 Å². The van der Waals surface area contributed by atoms with Gasteiger partial charge in [0.05, 0.1) is 11.1 Å². The fourth-order valence-corrected chi connectivity index (χ4v) is 6.58. The molecule has 0 radical (unpaired) electrons. The third-order valence-electron chi connectivity index (χ3n) is 9.38. The predicted molar refractivity (Wildman–Crippen MR) is 204 cm³/mol. The predicted octanol–water partition coefficient (Wildman–Crippen LogP) is 10.6. The first kappa shape index (κ1) is 33.6. The molecule has 0 aromatic heterocycles. The van der Waals surface area contributed by atoms with Gasteiger partial charge >= 0.3 is 11.9 Å². The van der Waals surface area contributed by atoms with E-state index in [2.05, 4.69) is 6.07 Å². The number of hydrogen-bond donors (Lipinski definition) is 0. The lowest BCUT2D eigenvalue weighted by atomic mass is 9.99. The molecule has 0 fully saturated rings. The number of fused-ring (bicyclic) bond motifs is 4. The summed E-state index contributed by atoms with van der Waals surface area (Å²) in [7, 11) is 0. The Labute approximate surface area is 297 Å². The Morgan fingerprint density at radius 2 is 0.902 bits per heavy atom. The monoisotopic (exact) mass is 676 g/mol. The van der Waals surface area contributed by atoms with Crippen molar-refractivity contribution < 1.29 is 28.5 Å². The molecule has 6 nitrogen and oxygen atoms in total. The Morgan fingerprint density at radius 1 is 0.490 bits per heavy atom. The van der Waals surface area contributed by atoms with Gasteiger partial charge in [0.2, 0.25) is 0 Å². The molecule has 0 heterocycles. The SMILES string of the molecule is CCC(COc1c2ccccc2c(OCC(CC)OC(=O)c2cccc3ccccc23)c2cc(C)ccc12)OC(=O)c1cccc2ccccc12. The van der Waals surface area contributed by atoms with Crippen molar-refractivity contribution in [1.29, 1.82) is 0 Å². The fourth-order valence-electron chi connectivity index (χ4n) is 6.58. The van der Waals surface area contributed by atoms with Crippen molar-refractivity contribution in [2.45, 2.75) is 45.8 Å². The van der Waals surface area contributed by atoms with Gasteiger partial charge in [-0.15, -0.1) is 0 Å². The molecule has 7 aromatic carbocycles. The Hall–Kier alpha value is -5.88. The summed E-state index contributed by atoms with van der Waals surface area (Å²) in [4.78, 5) is 26.8. The third kappa shape index (κ3) is 6.95. The molecule has 0 bridgehead atoms. The third-order valence-corrected chi connectivity index (χ3v) is 9.38. The van der Waals surface area contributed by atoms with Crippen molar-refractivity contribution in [3.63, 3.8) is 0 Å². The van der Waals surface area contributed by atoms with Crippen LogP contribution in [-0.4, -0.2) is 37.4 Å². The van der Waals surface area contributed by atoms with Crippen molar-refractivity contribution in [2.24, 2.45) is 0 Å². The smallest absolute Gasteiger partial charge is 0.339 e. The molecule has 0 amide bonds. The molecule has 0 saturated carbocycles. The second-order valence-corrected chi connectivity index (χ2v) is 12.8. The quantitative estimate of drug-likeness (QED) is 0.0948. The Balaban J connectivity index is 1.14. The van der Waals surface area contributed by atoms with Crippen molar-refractivity contribution in [3.8, 4) is 11.5 Å². The van der Waals surface area contributed by atoms with Gasteiger partial charge in [-0.25, -0.2) is 9.59 Å². The molecule has 7 aromatic rings. The van der Waals surface area contributed by atoms with E-state index in [1.165, 1.54) is 0 Å². The number of rotatable bonds is 12. The number of aryl methyl sites for hydroxylation is 1. The molecular formula is C45H40O6. The molecule has 0 aliphatic carbocycles. The fraction of sp³-hybridized carbons (Fsp3) is 0.200. The van der Waals surface area contributed by atoms with Crippen LogP contribution in [0.25, 0.3) is 43.1 Å². The lowest BCUT2D eigenvalue weighted by Gasteiger charge is -2.22. The maximum atomic E-state index is 13.4. The topological polar surface area (TPSA) is 71.1 Å². The molecule has 2 unspecified atom stereocenters. The minimum Gasteiger partial charge on any atom is -0.488 e. The summed E-state index contributed by atoms with van der Waals surface area (Å²) in [5.74, 6) is 0.652. The summed E-state index contributed by atoms with van der Waals surface area (Å²) in [6.07, 6.45) is 0.242. The molecular weight excluding hydrogens is 636 g/mol. The van der Waals surface area contributed by atoms with Gasteiger partial charge in [0, 0.05) is 21.5 Å². The summed E-state index contributed by atoms with van der Waals surface area (Å²) in [5, 5.41) is 7.21. The van der Waals surface area contributed by atoms with Gasteiger partial charge in [0.15, 0.2) is 0 Å². The average molecular weight is 677 g/mol. The molecule has 7 rings (SSSR count). The molecule has 0 aliphatic heterocycles. The standard InChI is InChI=1S/C45H40O6/c1-4-32(50-44(46)39-22-12-16-30-14-6-8-18-34(30)39)27-48-42-36-20-10-11-21-37(36)43(41-26-29(3)24-25-38(41)42)49-28-33(5-2)51-45(47)40-23-13-17-31-15-7-9-19-35(31)40/h6-26,32-33H,4-5,27-28H2,1-3H3. The Morgan fingerprint density at radius 3 is 1.39 bits per heavy atom. The van der Waals surface area contributed by atoms with Gasteiger partial charge in [0.1, 0.15) is 36.9 Å². The van der Waals surface area contributed by atoms with Crippen molar-refractivity contribution in [3.05, 3.63) is 144 Å². The van der Waals surface area contributed by atoms with Gasteiger partial charge in [-0.3, -0.25) is 0 Å². The lowest BCUT2D eigenvalue weighted by molar-refractivity contribution is 0.0161. The van der Waals surface area contributed by atoms with E-state index in [9.17, 15) is 9.59 Å². The first-order chi connectivity index (χ1) is 24.9. The van der Waals surface area contributed by atoms with Crippen LogP contribution in [0.5, 0.6) is 11.5 Å². The Kier molecular flexibility index (Phi) is 9.84. The minimum absolute atomic E-state index is 0.183. The van der Waals surface area contributed by atoms with Crippen LogP contribution >= 0.6 is 0 Å². The van der Waals surface area contributed by atoms with Gasteiger partial charge < -0.3 is 18.9 Å². The van der Waals surface area contributed by atoms with E-state index in [0.717, 1.165) is 48.7 Å². The van der Waals surface area contributed by atoms with E-state index >= 15 is 0 Å². The van der Waals surface area contributed by atoms with Crippen LogP contribution < -0.4 is 9.47 Å². The van der Waals surface area contributed by atoms with Crippen molar-refractivity contribution in [1.82, 2.24) is 0 Å². The minimum atomic E-state index is -0.465. The van der Waals surface area contributed by atoms with Crippen LogP contribution in [0.4, 0.5) is 0 Å². The van der Waals surface area contributed by atoms with Gasteiger partial charge in [-0.05, 0) is 59.5 Å². The van der Waals surface area contributed by atoms with Gasteiger partial charge in [0.25, 0.3) is 0 Å². The van der Waals surface area contributed by atoms with Gasteiger partial charge in [-0.1, -0.05) is 129 Å². The normalized spacial score (nSPS) is 12.5. The molecule has 6 heteroatoms. The molecule has 0 spiro atoms. The second kappa shape index (κ2) is 14.9. The maximum absolute atomic E-state index is 13.4. The van der Waals surface area contributed by atoms with Crippen LogP contribution in [0.1, 0.15) is 53.0 Å². The summed E-state index contributed by atoms with van der Waals surface area (Å²) >= 11 is 0. The molecule has 51 heavy (non-hydrogen) atoms.